The molecule has 4 heteroatoms. The molecule has 0 aromatic heterocycles. The number of carbonyl (C=O) groups excluding carboxylic acids is 1. The number of benzene rings is 1. The Morgan fingerprint density at radius 2 is 2.05 bits per heavy atom. The fourth-order valence-corrected chi connectivity index (χ4v) is 2.18. The number of ether oxygens (including phenoxy) is 2. The first-order valence-electron chi connectivity index (χ1n) is 7.41. The Hall–Kier alpha value is -1.81. The topological polar surface area (TPSA) is 38.8 Å². The van der Waals surface area contributed by atoms with Crippen molar-refractivity contribution in [1.82, 2.24) is 4.90 Å². The molecule has 0 aliphatic carbocycles. The second-order valence-electron chi connectivity index (χ2n) is 4.42. The van der Waals surface area contributed by atoms with E-state index in [1.54, 1.807) is 13.2 Å². The summed E-state index contributed by atoms with van der Waals surface area (Å²) in [5.41, 5.74) is 1.68. The Morgan fingerprint density at radius 1 is 1.38 bits per heavy atom. The zero-order chi connectivity index (χ0) is 15.7. The van der Waals surface area contributed by atoms with Gasteiger partial charge in [-0.15, -0.1) is 6.58 Å². The summed E-state index contributed by atoms with van der Waals surface area (Å²) in [7, 11) is 1.63. The molecule has 1 aromatic carbocycles. The third kappa shape index (κ3) is 4.60. The third-order valence-electron chi connectivity index (χ3n) is 3.19. The van der Waals surface area contributed by atoms with Crippen LogP contribution in [0.4, 0.5) is 0 Å². The van der Waals surface area contributed by atoms with Gasteiger partial charge in [0.2, 0.25) is 0 Å². The van der Waals surface area contributed by atoms with Crippen LogP contribution >= 0.6 is 0 Å². The molecule has 0 bridgehead atoms. The Morgan fingerprint density at radius 3 is 2.62 bits per heavy atom. The number of hydrogen-bond donors (Lipinski definition) is 0. The van der Waals surface area contributed by atoms with Crippen molar-refractivity contribution in [3.63, 3.8) is 0 Å². The summed E-state index contributed by atoms with van der Waals surface area (Å²) < 4.78 is 10.5. The van der Waals surface area contributed by atoms with E-state index < -0.39 is 0 Å². The van der Waals surface area contributed by atoms with Crippen LogP contribution in [0.3, 0.4) is 0 Å². The second-order valence-corrected chi connectivity index (χ2v) is 4.42. The van der Waals surface area contributed by atoms with Gasteiger partial charge in [0.1, 0.15) is 5.75 Å². The van der Waals surface area contributed by atoms with Crippen molar-refractivity contribution >= 4 is 5.91 Å². The average Bonchev–Trinajstić information content (AvgIpc) is 2.57. The molecular weight excluding hydrogens is 266 g/mol. The molecule has 0 atom stereocenters. The number of allylic oxidation sites excluding steroid dienone is 1. The van der Waals surface area contributed by atoms with Crippen molar-refractivity contribution in [3.05, 3.63) is 42.0 Å². The first-order valence-corrected chi connectivity index (χ1v) is 7.41. The number of carbonyl (C=O) groups is 1. The van der Waals surface area contributed by atoms with Crippen molar-refractivity contribution in [3.8, 4) is 5.75 Å². The van der Waals surface area contributed by atoms with Gasteiger partial charge in [-0.1, -0.05) is 19.9 Å². The van der Waals surface area contributed by atoms with Crippen LogP contribution in [-0.2, 0) is 11.2 Å². The van der Waals surface area contributed by atoms with Crippen LogP contribution in [0.5, 0.6) is 5.75 Å². The van der Waals surface area contributed by atoms with E-state index in [9.17, 15) is 4.79 Å². The first-order chi connectivity index (χ1) is 10.3. The van der Waals surface area contributed by atoms with E-state index in [4.69, 9.17) is 9.47 Å². The van der Waals surface area contributed by atoms with Gasteiger partial charge >= 0.3 is 0 Å². The molecule has 1 heterocycles. The number of nitrogens with zero attached hydrogens (tertiary/aromatic N) is 1. The zero-order valence-electron chi connectivity index (χ0n) is 13.2. The summed E-state index contributed by atoms with van der Waals surface area (Å²) in [6.45, 7) is 10.3. The van der Waals surface area contributed by atoms with Crippen LogP contribution in [0.25, 0.3) is 0 Å². The Bertz CT molecular complexity index is 465. The summed E-state index contributed by atoms with van der Waals surface area (Å²) in [4.78, 5) is 14.2. The maximum Gasteiger partial charge on any atom is 0.254 e. The van der Waals surface area contributed by atoms with E-state index >= 15 is 0 Å². The minimum atomic E-state index is 0.0521. The number of methoxy groups -OCH3 is 1. The van der Waals surface area contributed by atoms with Crippen molar-refractivity contribution in [2.24, 2.45) is 0 Å². The minimum absolute atomic E-state index is 0.0521. The Kier molecular flexibility index (Phi) is 7.54. The van der Waals surface area contributed by atoms with Gasteiger partial charge in [0, 0.05) is 18.7 Å². The van der Waals surface area contributed by atoms with Gasteiger partial charge in [-0.3, -0.25) is 4.79 Å². The van der Waals surface area contributed by atoms with Crippen molar-refractivity contribution in [2.75, 3.05) is 33.4 Å². The molecule has 1 aliphatic heterocycles. The molecule has 21 heavy (non-hydrogen) atoms. The molecule has 1 aliphatic rings. The van der Waals surface area contributed by atoms with Crippen molar-refractivity contribution in [1.29, 1.82) is 0 Å². The van der Waals surface area contributed by atoms with Crippen LogP contribution in [0.1, 0.15) is 29.8 Å². The maximum atomic E-state index is 12.4. The quantitative estimate of drug-likeness (QED) is 0.801. The molecule has 116 valence electrons. The zero-order valence-corrected chi connectivity index (χ0v) is 13.2. The predicted molar refractivity (Wildman–Crippen MR) is 85.0 cm³/mol. The molecule has 0 saturated carbocycles. The van der Waals surface area contributed by atoms with Crippen LogP contribution < -0.4 is 4.74 Å². The van der Waals surface area contributed by atoms with Crippen molar-refractivity contribution < 1.29 is 14.3 Å². The van der Waals surface area contributed by atoms with Gasteiger partial charge in [-0.25, -0.2) is 0 Å². The van der Waals surface area contributed by atoms with Gasteiger partial charge in [0.25, 0.3) is 5.91 Å². The Balaban J connectivity index is 0.00000106. The van der Waals surface area contributed by atoms with E-state index in [0.717, 1.165) is 11.3 Å². The lowest BCUT2D eigenvalue weighted by Crippen LogP contribution is -2.40. The van der Waals surface area contributed by atoms with E-state index in [-0.39, 0.29) is 5.91 Å². The molecule has 0 spiro atoms. The average molecular weight is 291 g/mol. The van der Waals surface area contributed by atoms with Crippen LogP contribution in [0.2, 0.25) is 0 Å². The largest absolute Gasteiger partial charge is 0.496 e. The fraction of sp³-hybridized carbons (Fsp3) is 0.471. The number of rotatable bonds is 4. The molecule has 0 unspecified atom stereocenters. The smallest absolute Gasteiger partial charge is 0.254 e. The highest BCUT2D eigenvalue weighted by Gasteiger charge is 2.19. The number of amides is 1. The summed E-state index contributed by atoms with van der Waals surface area (Å²) >= 11 is 0. The highest BCUT2D eigenvalue weighted by molar-refractivity contribution is 5.94. The van der Waals surface area contributed by atoms with Gasteiger partial charge < -0.3 is 14.4 Å². The monoisotopic (exact) mass is 291 g/mol. The highest BCUT2D eigenvalue weighted by Crippen LogP contribution is 2.21. The molecular formula is C17H25NO3. The standard InChI is InChI=1S/C15H19NO3.C2H6/c1-3-4-12-11-13(5-6-14(12)18-2)15(17)16-7-9-19-10-8-16;1-2/h3,5-6,11H,1,4,7-10H2,2H3;1-2H3. The summed E-state index contributed by atoms with van der Waals surface area (Å²) in [5, 5.41) is 0. The lowest BCUT2D eigenvalue weighted by Gasteiger charge is -2.27. The molecule has 1 aromatic rings. The molecule has 0 N–H and O–H groups in total. The minimum Gasteiger partial charge on any atom is -0.496 e. The van der Waals surface area contributed by atoms with E-state index in [1.807, 2.05) is 36.9 Å². The molecule has 1 saturated heterocycles. The summed E-state index contributed by atoms with van der Waals surface area (Å²) in [6, 6.07) is 5.54. The summed E-state index contributed by atoms with van der Waals surface area (Å²) in [6.07, 6.45) is 2.49. The van der Waals surface area contributed by atoms with Gasteiger partial charge in [-0.2, -0.15) is 0 Å². The predicted octanol–water partition coefficient (Wildman–Crippen LogP) is 2.92. The number of morpholine rings is 1. The van der Waals surface area contributed by atoms with E-state index in [1.165, 1.54) is 0 Å². The van der Waals surface area contributed by atoms with Crippen molar-refractivity contribution in [2.45, 2.75) is 20.3 Å². The molecule has 2 rings (SSSR count). The molecule has 1 amide bonds. The fourth-order valence-electron chi connectivity index (χ4n) is 2.18. The van der Waals surface area contributed by atoms with Crippen LogP contribution in [-0.4, -0.2) is 44.2 Å². The normalized spacial score (nSPS) is 14.0. The SMILES string of the molecule is C=CCc1cc(C(=O)N2CCOCC2)ccc1OC.CC. The van der Waals surface area contributed by atoms with E-state index in [2.05, 4.69) is 6.58 Å². The Labute approximate surface area is 127 Å². The van der Waals surface area contributed by atoms with Gasteiger partial charge in [0.15, 0.2) is 0 Å². The first kappa shape index (κ1) is 17.2. The van der Waals surface area contributed by atoms with Crippen LogP contribution in [0, 0.1) is 0 Å². The molecule has 1 fully saturated rings. The lowest BCUT2D eigenvalue weighted by molar-refractivity contribution is 0.0303. The lowest BCUT2D eigenvalue weighted by atomic mass is 10.1. The third-order valence-corrected chi connectivity index (χ3v) is 3.19. The molecule has 4 nitrogen and oxygen atoms in total. The van der Waals surface area contributed by atoms with Crippen LogP contribution in [0.15, 0.2) is 30.9 Å². The second kappa shape index (κ2) is 9.19. The highest BCUT2D eigenvalue weighted by atomic mass is 16.5. The van der Waals surface area contributed by atoms with Gasteiger partial charge in [-0.05, 0) is 30.2 Å². The maximum absolute atomic E-state index is 12.4. The van der Waals surface area contributed by atoms with E-state index in [0.29, 0.717) is 38.3 Å². The summed E-state index contributed by atoms with van der Waals surface area (Å²) in [5.74, 6) is 0.842. The molecule has 0 radical (unpaired) electrons. The van der Waals surface area contributed by atoms with Gasteiger partial charge in [0.05, 0.1) is 20.3 Å². The number of hydrogen-bond acceptors (Lipinski definition) is 3.